The van der Waals surface area contributed by atoms with Crippen LogP contribution >= 0.6 is 0 Å². The summed E-state index contributed by atoms with van der Waals surface area (Å²) in [5, 5.41) is 8.68. The minimum atomic E-state index is -0.736. The van der Waals surface area contributed by atoms with Gasteiger partial charge in [0.05, 0.1) is 0 Å². The second-order valence-corrected chi connectivity index (χ2v) is 4.37. The normalized spacial score (nSPS) is 17.0. The molecule has 4 heteroatoms. The molecular weight excluding hydrogens is 165 g/mol. The molecule has 0 aromatic carbocycles. The monoisotopic (exact) mass is 185 g/mol. The van der Waals surface area contributed by atoms with Crippen LogP contribution in [0.15, 0.2) is 0 Å². The second kappa shape index (κ2) is 4.98. The third-order valence-electron chi connectivity index (χ3n) is 1.79. The van der Waals surface area contributed by atoms with Crippen molar-refractivity contribution in [3.05, 3.63) is 0 Å². The molecule has 2 radical (unpaired) electrons. The van der Waals surface area contributed by atoms with E-state index in [1.54, 1.807) is 6.92 Å². The Balaban J connectivity index is 3.63. The molecule has 0 aliphatic carbocycles. The van der Waals surface area contributed by atoms with Gasteiger partial charge in [-0.05, 0) is 33.6 Å². The van der Waals surface area contributed by atoms with Gasteiger partial charge in [0.1, 0.15) is 7.85 Å². The summed E-state index contributed by atoms with van der Waals surface area (Å²) in [7, 11) is 5.73. The summed E-state index contributed by atoms with van der Waals surface area (Å²) in [5.41, 5.74) is 4.81. The lowest BCUT2D eigenvalue weighted by molar-refractivity contribution is 0.00823. The third-order valence-corrected chi connectivity index (χ3v) is 1.79. The minimum Gasteiger partial charge on any atom is -0.396 e. The number of aliphatic hydroxyl groups excluding tert-OH is 1. The Labute approximate surface area is 82.1 Å². The van der Waals surface area contributed by atoms with Crippen LogP contribution in [-0.2, 0) is 4.74 Å². The molecule has 1 unspecified atom stereocenters. The zero-order valence-electron chi connectivity index (χ0n) is 8.84. The van der Waals surface area contributed by atoms with Gasteiger partial charge in [-0.25, -0.2) is 0 Å². The van der Waals surface area contributed by atoms with Crippen molar-refractivity contribution in [2.75, 3.05) is 13.2 Å². The SMILES string of the molecule is [B]C(C)(CCO)OCCC(C)(C)N. The Hall–Kier alpha value is -0.0551. The van der Waals surface area contributed by atoms with Crippen LogP contribution < -0.4 is 5.73 Å². The van der Waals surface area contributed by atoms with Gasteiger partial charge in [0.25, 0.3) is 0 Å². The molecule has 0 heterocycles. The zero-order valence-corrected chi connectivity index (χ0v) is 8.84. The third kappa shape index (κ3) is 8.28. The molecule has 0 bridgehead atoms. The quantitative estimate of drug-likeness (QED) is 0.589. The van der Waals surface area contributed by atoms with E-state index in [4.69, 9.17) is 23.4 Å². The minimum absolute atomic E-state index is 0.0407. The Morgan fingerprint density at radius 1 is 1.31 bits per heavy atom. The topological polar surface area (TPSA) is 55.5 Å². The van der Waals surface area contributed by atoms with E-state index in [-0.39, 0.29) is 12.1 Å². The van der Waals surface area contributed by atoms with Gasteiger partial charge >= 0.3 is 0 Å². The largest absolute Gasteiger partial charge is 0.396 e. The second-order valence-electron chi connectivity index (χ2n) is 4.37. The van der Waals surface area contributed by atoms with Gasteiger partial charge in [0.15, 0.2) is 0 Å². The van der Waals surface area contributed by atoms with Gasteiger partial charge in [-0.1, -0.05) is 0 Å². The standard InChI is InChI=1S/C9H20BNO2/c1-8(2,11)5-7-13-9(3,10)4-6-12/h12H,4-7,11H2,1-3H3. The summed E-state index contributed by atoms with van der Waals surface area (Å²) in [6.07, 6.45) is 1.20. The molecule has 3 N–H and O–H groups in total. The van der Waals surface area contributed by atoms with E-state index in [2.05, 4.69) is 0 Å². The maximum Gasteiger partial charge on any atom is 0.113 e. The molecule has 0 saturated heterocycles. The van der Waals surface area contributed by atoms with Gasteiger partial charge < -0.3 is 15.6 Å². The first-order chi connectivity index (χ1) is 5.77. The first kappa shape index (κ1) is 12.9. The van der Waals surface area contributed by atoms with Gasteiger partial charge in [-0.3, -0.25) is 0 Å². The molecule has 13 heavy (non-hydrogen) atoms. The number of ether oxygens (including phenoxy) is 1. The van der Waals surface area contributed by atoms with Crippen LogP contribution in [0.1, 0.15) is 33.6 Å². The summed E-state index contributed by atoms with van der Waals surface area (Å²) in [5.74, 6) is 0. The van der Waals surface area contributed by atoms with E-state index in [1.165, 1.54) is 0 Å². The highest BCUT2D eigenvalue weighted by Crippen LogP contribution is 2.12. The maximum absolute atomic E-state index is 8.68. The molecule has 0 aliphatic rings. The molecule has 0 spiro atoms. The summed E-state index contributed by atoms with van der Waals surface area (Å²) >= 11 is 0. The highest BCUT2D eigenvalue weighted by Gasteiger charge is 2.18. The van der Waals surface area contributed by atoms with E-state index in [9.17, 15) is 0 Å². The van der Waals surface area contributed by atoms with Crippen LogP contribution in [0, 0.1) is 0 Å². The summed E-state index contributed by atoms with van der Waals surface area (Å²) in [6, 6.07) is 0. The number of aliphatic hydroxyl groups is 1. The summed E-state index contributed by atoms with van der Waals surface area (Å²) in [6.45, 7) is 6.20. The van der Waals surface area contributed by atoms with Gasteiger partial charge in [0.2, 0.25) is 0 Å². The Morgan fingerprint density at radius 2 is 1.85 bits per heavy atom. The molecular formula is C9H20BNO2. The van der Waals surface area contributed by atoms with Crippen molar-refractivity contribution in [2.45, 2.75) is 44.7 Å². The van der Waals surface area contributed by atoms with Crippen molar-refractivity contribution in [3.8, 4) is 0 Å². The smallest absolute Gasteiger partial charge is 0.113 e. The fourth-order valence-corrected chi connectivity index (χ4v) is 0.841. The molecule has 1 atom stereocenters. The molecule has 3 nitrogen and oxygen atoms in total. The van der Waals surface area contributed by atoms with Crippen molar-refractivity contribution < 1.29 is 9.84 Å². The van der Waals surface area contributed by atoms with Crippen LogP contribution in [-0.4, -0.2) is 37.2 Å². The van der Waals surface area contributed by atoms with E-state index in [1.807, 2.05) is 13.8 Å². The molecule has 0 fully saturated rings. The molecule has 0 aromatic rings. The van der Waals surface area contributed by atoms with Crippen molar-refractivity contribution in [1.29, 1.82) is 0 Å². The van der Waals surface area contributed by atoms with Crippen LogP contribution in [0.5, 0.6) is 0 Å². The van der Waals surface area contributed by atoms with Crippen molar-refractivity contribution in [2.24, 2.45) is 5.73 Å². The predicted molar refractivity (Wildman–Crippen MR) is 54.7 cm³/mol. The molecule has 0 amide bonds. The number of hydrogen-bond donors (Lipinski definition) is 2. The van der Waals surface area contributed by atoms with Gasteiger partial charge in [-0.15, -0.1) is 0 Å². The molecule has 0 rings (SSSR count). The zero-order chi connectivity index (χ0) is 10.5. The number of nitrogens with two attached hydrogens (primary N) is 1. The Kier molecular flexibility index (Phi) is 4.96. The predicted octanol–water partition coefficient (Wildman–Crippen LogP) is 0.398. The number of rotatable bonds is 6. The van der Waals surface area contributed by atoms with Crippen LogP contribution in [0.4, 0.5) is 0 Å². The first-order valence-corrected chi connectivity index (χ1v) is 4.59. The van der Waals surface area contributed by atoms with Gasteiger partial charge in [-0.2, -0.15) is 0 Å². The maximum atomic E-state index is 8.68. The van der Waals surface area contributed by atoms with Crippen LogP contribution in [0.25, 0.3) is 0 Å². The molecule has 76 valence electrons. The van der Waals surface area contributed by atoms with Crippen molar-refractivity contribution in [1.82, 2.24) is 0 Å². The van der Waals surface area contributed by atoms with Crippen molar-refractivity contribution >= 4 is 7.85 Å². The molecule has 0 aromatic heterocycles. The van der Waals surface area contributed by atoms with Crippen LogP contribution in [0.3, 0.4) is 0 Å². The molecule has 0 saturated carbocycles. The fourth-order valence-electron chi connectivity index (χ4n) is 0.841. The highest BCUT2D eigenvalue weighted by molar-refractivity contribution is 6.14. The van der Waals surface area contributed by atoms with E-state index < -0.39 is 5.50 Å². The number of hydrogen-bond acceptors (Lipinski definition) is 3. The lowest BCUT2D eigenvalue weighted by Crippen LogP contribution is -2.37. The van der Waals surface area contributed by atoms with Crippen molar-refractivity contribution in [3.63, 3.8) is 0 Å². The lowest BCUT2D eigenvalue weighted by atomic mass is 9.80. The average molecular weight is 185 g/mol. The summed E-state index contributed by atoms with van der Waals surface area (Å²) in [4.78, 5) is 0. The molecule has 0 aliphatic heterocycles. The fraction of sp³-hybridized carbons (Fsp3) is 1.00. The van der Waals surface area contributed by atoms with Crippen LogP contribution in [0.2, 0.25) is 0 Å². The summed E-state index contributed by atoms with van der Waals surface area (Å²) < 4.78 is 5.38. The van der Waals surface area contributed by atoms with E-state index in [0.29, 0.717) is 13.0 Å². The first-order valence-electron chi connectivity index (χ1n) is 4.59. The average Bonchev–Trinajstić information content (AvgIpc) is 1.82. The lowest BCUT2D eigenvalue weighted by Gasteiger charge is -2.27. The Bertz CT molecular complexity index is 143. The van der Waals surface area contributed by atoms with E-state index >= 15 is 0 Å². The van der Waals surface area contributed by atoms with Gasteiger partial charge in [0, 0.05) is 24.3 Å². The Morgan fingerprint density at radius 3 is 2.23 bits per heavy atom. The highest BCUT2D eigenvalue weighted by atomic mass is 16.5. The van der Waals surface area contributed by atoms with E-state index in [0.717, 1.165) is 6.42 Å².